The highest BCUT2D eigenvalue weighted by Crippen LogP contribution is 2.30. The highest BCUT2D eigenvalue weighted by atomic mass is 19.1. The smallest absolute Gasteiger partial charge is 0.292 e. The number of anilines is 1. The van der Waals surface area contributed by atoms with Gasteiger partial charge in [0.05, 0.1) is 5.71 Å². The first-order chi connectivity index (χ1) is 14.9. The van der Waals surface area contributed by atoms with Gasteiger partial charge in [-0.05, 0) is 68.7 Å². The molecule has 0 spiro atoms. The fourth-order valence-electron chi connectivity index (χ4n) is 3.56. The molecule has 8 heteroatoms. The number of aromatic nitrogens is 1. The van der Waals surface area contributed by atoms with Gasteiger partial charge in [0.2, 0.25) is 0 Å². The van der Waals surface area contributed by atoms with E-state index in [1.165, 1.54) is 24.3 Å². The number of aryl methyl sites for hydroxylation is 2. The maximum absolute atomic E-state index is 13.1. The number of hydrogen-bond donors (Lipinski definition) is 2. The molecule has 0 fully saturated rings. The maximum Gasteiger partial charge on any atom is 0.292 e. The molecule has 3 aromatic rings. The van der Waals surface area contributed by atoms with Crippen LogP contribution in [0.3, 0.4) is 0 Å². The number of carbonyl (C=O) groups is 2. The summed E-state index contributed by atoms with van der Waals surface area (Å²) in [6, 6.07) is 8.83. The molecule has 0 saturated carbocycles. The predicted octanol–water partition coefficient (Wildman–Crippen LogP) is 4.15. The molecule has 158 valence electrons. The molecule has 2 amide bonds. The summed E-state index contributed by atoms with van der Waals surface area (Å²) in [6.45, 7) is 3.71. The number of halogens is 1. The van der Waals surface area contributed by atoms with Crippen molar-refractivity contribution in [3.05, 3.63) is 82.2 Å². The van der Waals surface area contributed by atoms with E-state index in [1.807, 2.05) is 13.0 Å². The summed E-state index contributed by atoms with van der Waals surface area (Å²) in [7, 11) is 0. The van der Waals surface area contributed by atoms with Gasteiger partial charge < -0.3 is 9.73 Å². The van der Waals surface area contributed by atoms with E-state index in [0.717, 1.165) is 17.5 Å². The number of hydrazone groups is 1. The quantitative estimate of drug-likeness (QED) is 0.620. The lowest BCUT2D eigenvalue weighted by atomic mass is 9.93. The van der Waals surface area contributed by atoms with Gasteiger partial charge in [0, 0.05) is 29.3 Å². The third-order valence-corrected chi connectivity index (χ3v) is 5.09. The fourth-order valence-corrected chi connectivity index (χ4v) is 3.56. The minimum absolute atomic E-state index is 0.202. The van der Waals surface area contributed by atoms with E-state index in [0.29, 0.717) is 41.3 Å². The zero-order valence-corrected chi connectivity index (χ0v) is 17.2. The van der Waals surface area contributed by atoms with Gasteiger partial charge in [-0.2, -0.15) is 5.10 Å². The van der Waals surface area contributed by atoms with Crippen molar-refractivity contribution in [3.63, 3.8) is 0 Å². The van der Waals surface area contributed by atoms with Crippen LogP contribution < -0.4 is 10.7 Å². The van der Waals surface area contributed by atoms with E-state index in [4.69, 9.17) is 4.42 Å². The SMILES string of the molecule is Cc1ccnc(NC(=O)c2oc3c(c2C)/C(=N/NC(=O)c2ccc(F)cc2)CCC3)c1. The number of rotatable bonds is 4. The lowest BCUT2D eigenvalue weighted by molar-refractivity contribution is 0.0953. The monoisotopic (exact) mass is 420 g/mol. The van der Waals surface area contributed by atoms with Crippen molar-refractivity contribution in [1.29, 1.82) is 0 Å². The Hall–Kier alpha value is -3.81. The second-order valence-electron chi connectivity index (χ2n) is 7.39. The van der Waals surface area contributed by atoms with Crippen LogP contribution in [0.5, 0.6) is 0 Å². The molecule has 1 aliphatic carbocycles. The summed E-state index contributed by atoms with van der Waals surface area (Å²) in [6.07, 6.45) is 3.72. The normalized spacial score (nSPS) is 14.2. The third-order valence-electron chi connectivity index (χ3n) is 5.09. The lowest BCUT2D eigenvalue weighted by Gasteiger charge is -2.13. The van der Waals surface area contributed by atoms with Gasteiger partial charge in [-0.25, -0.2) is 14.8 Å². The predicted molar refractivity (Wildman–Crippen MR) is 114 cm³/mol. The molecule has 0 atom stereocenters. The van der Waals surface area contributed by atoms with Crippen LogP contribution in [0.15, 0.2) is 52.1 Å². The molecular weight excluding hydrogens is 399 g/mol. The van der Waals surface area contributed by atoms with Crippen LogP contribution in [0.25, 0.3) is 0 Å². The van der Waals surface area contributed by atoms with Gasteiger partial charge in [0.15, 0.2) is 5.76 Å². The highest BCUT2D eigenvalue weighted by Gasteiger charge is 2.28. The van der Waals surface area contributed by atoms with Crippen LogP contribution in [0.1, 0.15) is 56.2 Å². The van der Waals surface area contributed by atoms with Crippen molar-refractivity contribution >= 4 is 23.3 Å². The van der Waals surface area contributed by atoms with Crippen LogP contribution in [-0.2, 0) is 6.42 Å². The second-order valence-corrected chi connectivity index (χ2v) is 7.39. The van der Waals surface area contributed by atoms with Crippen LogP contribution in [-0.4, -0.2) is 22.5 Å². The number of hydrogen-bond acceptors (Lipinski definition) is 5. The Bertz CT molecular complexity index is 1180. The summed E-state index contributed by atoms with van der Waals surface area (Å²) in [5.41, 5.74) is 5.85. The molecule has 1 aromatic carbocycles. The van der Waals surface area contributed by atoms with Crippen molar-refractivity contribution in [1.82, 2.24) is 10.4 Å². The van der Waals surface area contributed by atoms with E-state index in [2.05, 4.69) is 20.8 Å². The van der Waals surface area contributed by atoms with E-state index < -0.39 is 11.7 Å². The number of nitrogens with one attached hydrogen (secondary N) is 2. The first-order valence-electron chi connectivity index (χ1n) is 9.91. The van der Waals surface area contributed by atoms with Gasteiger partial charge in [0.25, 0.3) is 11.8 Å². The molecule has 0 bridgehead atoms. The van der Waals surface area contributed by atoms with E-state index >= 15 is 0 Å². The highest BCUT2D eigenvalue weighted by molar-refractivity contribution is 6.09. The molecule has 1 aliphatic rings. The summed E-state index contributed by atoms with van der Waals surface area (Å²) < 4.78 is 18.9. The standard InChI is InChI=1S/C23H21FN4O3/c1-13-10-11-25-19(12-13)26-23(30)21-14(2)20-17(4-3-5-18(20)31-21)27-28-22(29)15-6-8-16(24)9-7-15/h6-12H,3-5H2,1-2H3,(H,28,29)(H,25,26,30)/b27-17+. The van der Waals surface area contributed by atoms with Gasteiger partial charge in [0.1, 0.15) is 17.4 Å². The molecule has 0 unspecified atom stereocenters. The van der Waals surface area contributed by atoms with E-state index in [-0.39, 0.29) is 11.7 Å². The van der Waals surface area contributed by atoms with Crippen LogP contribution in [0, 0.1) is 19.7 Å². The number of amides is 2. The minimum Gasteiger partial charge on any atom is -0.455 e. The summed E-state index contributed by atoms with van der Waals surface area (Å²) >= 11 is 0. The van der Waals surface area contributed by atoms with Crippen LogP contribution in [0.4, 0.5) is 10.2 Å². The topological polar surface area (TPSA) is 96.6 Å². The van der Waals surface area contributed by atoms with Gasteiger partial charge in [-0.3, -0.25) is 9.59 Å². The van der Waals surface area contributed by atoms with Crippen molar-refractivity contribution in [2.45, 2.75) is 33.1 Å². The van der Waals surface area contributed by atoms with Crippen molar-refractivity contribution in [3.8, 4) is 0 Å². The summed E-state index contributed by atoms with van der Waals surface area (Å²) in [5.74, 6) is 0.0670. The number of benzene rings is 1. The Kier molecular flexibility index (Phi) is 5.62. The number of nitrogens with zero attached hydrogens (tertiary/aromatic N) is 2. The molecule has 0 aliphatic heterocycles. The van der Waals surface area contributed by atoms with Crippen molar-refractivity contribution < 1.29 is 18.4 Å². The number of carbonyl (C=O) groups excluding carboxylic acids is 2. The zero-order valence-electron chi connectivity index (χ0n) is 17.2. The Balaban J connectivity index is 1.56. The summed E-state index contributed by atoms with van der Waals surface area (Å²) in [4.78, 5) is 29.2. The van der Waals surface area contributed by atoms with E-state index in [1.54, 1.807) is 19.2 Å². The zero-order chi connectivity index (χ0) is 22.0. The first-order valence-corrected chi connectivity index (χ1v) is 9.91. The molecule has 7 nitrogen and oxygen atoms in total. The van der Waals surface area contributed by atoms with Crippen LogP contribution in [0.2, 0.25) is 0 Å². The second kappa shape index (κ2) is 8.51. The fraction of sp³-hybridized carbons (Fsp3) is 0.217. The lowest BCUT2D eigenvalue weighted by Crippen LogP contribution is -2.22. The van der Waals surface area contributed by atoms with Gasteiger partial charge >= 0.3 is 0 Å². The number of fused-ring (bicyclic) bond motifs is 1. The Labute approximate surface area is 178 Å². The number of furan rings is 1. The molecule has 2 N–H and O–H groups in total. The molecular formula is C23H21FN4O3. The Morgan fingerprint density at radius 1 is 1.10 bits per heavy atom. The number of pyridine rings is 1. The van der Waals surface area contributed by atoms with Gasteiger partial charge in [-0.15, -0.1) is 0 Å². The van der Waals surface area contributed by atoms with E-state index in [9.17, 15) is 14.0 Å². The average molecular weight is 420 g/mol. The van der Waals surface area contributed by atoms with Crippen LogP contribution >= 0.6 is 0 Å². The van der Waals surface area contributed by atoms with Crippen molar-refractivity contribution in [2.75, 3.05) is 5.32 Å². The third kappa shape index (κ3) is 4.37. The summed E-state index contributed by atoms with van der Waals surface area (Å²) in [5, 5.41) is 7.03. The minimum atomic E-state index is -0.441. The van der Waals surface area contributed by atoms with Gasteiger partial charge in [-0.1, -0.05) is 0 Å². The molecule has 0 radical (unpaired) electrons. The van der Waals surface area contributed by atoms with Crippen molar-refractivity contribution in [2.24, 2.45) is 5.10 Å². The molecule has 4 rings (SSSR count). The average Bonchev–Trinajstić information content (AvgIpc) is 3.10. The molecule has 31 heavy (non-hydrogen) atoms. The molecule has 2 heterocycles. The Morgan fingerprint density at radius 3 is 2.61 bits per heavy atom. The molecule has 0 saturated heterocycles. The Morgan fingerprint density at radius 2 is 1.87 bits per heavy atom. The maximum atomic E-state index is 13.1. The largest absolute Gasteiger partial charge is 0.455 e. The molecule has 2 aromatic heterocycles. The first kappa shape index (κ1) is 20.5.